The summed E-state index contributed by atoms with van der Waals surface area (Å²) in [6.45, 7) is -3.00. The Hall–Kier alpha value is -0.185. The molecule has 0 aromatic carbocycles. The van der Waals surface area contributed by atoms with Gasteiger partial charge in [0.05, 0.1) is 6.10 Å². The molecule has 0 aliphatic heterocycles. The molecule has 0 radical (unpaired) electrons. The van der Waals surface area contributed by atoms with E-state index in [0.717, 1.165) is 0 Å². The van der Waals surface area contributed by atoms with E-state index in [4.69, 9.17) is 5.11 Å². The zero-order chi connectivity index (χ0) is 9.35. The molecule has 1 atom stereocenters. The molecule has 0 spiro atoms. The second-order valence-corrected chi connectivity index (χ2v) is 3.81. The van der Waals surface area contributed by atoms with Gasteiger partial charge in [0.25, 0.3) is 0 Å². The molecule has 0 bridgehead atoms. The normalized spacial score (nSPS) is 32.8. The first-order valence-corrected chi connectivity index (χ1v) is 4.27. The van der Waals surface area contributed by atoms with Crippen LogP contribution in [0.15, 0.2) is 0 Å². The minimum Gasteiger partial charge on any atom is -0.449 e. The highest BCUT2D eigenvalue weighted by atomic mass is 19.4. The lowest BCUT2D eigenvalue weighted by Crippen LogP contribution is -2.36. The minimum absolute atomic E-state index is 0.0958. The summed E-state index contributed by atoms with van der Waals surface area (Å²) in [4.78, 5) is 0. The van der Waals surface area contributed by atoms with Gasteiger partial charge in [-0.15, -0.1) is 0 Å². The largest absolute Gasteiger partial charge is 0.481 e. The van der Waals surface area contributed by atoms with Gasteiger partial charge in [0.2, 0.25) is 0 Å². The van der Waals surface area contributed by atoms with E-state index in [9.17, 15) is 12.9 Å². The summed E-state index contributed by atoms with van der Waals surface area (Å²) in [6.07, 6.45) is 0.516. The van der Waals surface area contributed by atoms with Gasteiger partial charge in [-0.3, -0.25) is 0 Å². The summed E-state index contributed by atoms with van der Waals surface area (Å²) in [5.41, 5.74) is 0. The number of hydrogen-bond donors (Lipinski definition) is 1. The van der Waals surface area contributed by atoms with E-state index in [2.05, 4.69) is 0 Å². The minimum atomic E-state index is -4.62. The average Bonchev–Trinajstić information content (AvgIpc) is 1.73. The summed E-state index contributed by atoms with van der Waals surface area (Å²) in [5.74, 6) is -0.952. The second-order valence-electron chi connectivity index (χ2n) is 3.81. The van der Waals surface area contributed by atoms with Crippen molar-refractivity contribution in [3.05, 3.63) is 0 Å². The van der Waals surface area contributed by atoms with Gasteiger partial charge in [-0.05, 0) is 19.3 Å². The monoisotopic (exact) mass is 181 g/mol. The molecule has 1 saturated carbocycles. The Balaban J connectivity index is 2.20. The van der Waals surface area contributed by atoms with Crippen LogP contribution in [0.25, 0.3) is 0 Å². The maximum Gasteiger partial charge on any atom is 0.481 e. The number of rotatable bonds is 3. The van der Waals surface area contributed by atoms with Crippen molar-refractivity contribution in [3.63, 3.8) is 0 Å². The smallest absolute Gasteiger partial charge is 0.449 e. The van der Waals surface area contributed by atoms with E-state index in [1.165, 1.54) is 0 Å². The molecule has 72 valence electrons. The summed E-state index contributed by atoms with van der Waals surface area (Å²) in [6, 6.07) is 0. The number of aliphatic hydroxyl groups is 1. The fourth-order valence-electron chi connectivity index (χ4n) is 1.77. The van der Waals surface area contributed by atoms with Crippen molar-refractivity contribution in [2.45, 2.75) is 38.1 Å². The van der Waals surface area contributed by atoms with Gasteiger partial charge in [-0.1, -0.05) is 18.7 Å². The van der Waals surface area contributed by atoms with Crippen LogP contribution in [0.1, 0.15) is 26.2 Å². The van der Waals surface area contributed by atoms with Crippen LogP contribution in [-0.4, -0.2) is 18.2 Å². The maximum atomic E-state index is 12.0. The first-order chi connectivity index (χ1) is 5.39. The van der Waals surface area contributed by atoms with Crippen LogP contribution in [-0.2, 0) is 0 Å². The summed E-state index contributed by atoms with van der Waals surface area (Å²) < 4.78 is 36.0. The molecule has 0 aromatic heterocycles. The predicted molar refractivity (Wildman–Crippen MR) is 41.8 cm³/mol. The molecule has 1 N–H and O–H groups in total. The number of aliphatic hydroxyl groups excluding tert-OH is 1. The van der Waals surface area contributed by atoms with E-state index in [1.807, 2.05) is 0 Å². The van der Waals surface area contributed by atoms with Gasteiger partial charge < -0.3 is 18.1 Å². The van der Waals surface area contributed by atoms with Crippen LogP contribution in [0.5, 0.6) is 0 Å². The second kappa shape index (κ2) is 3.28. The zero-order valence-corrected chi connectivity index (χ0v) is 7.01. The first-order valence-electron chi connectivity index (χ1n) is 4.27. The number of hydrogen-bond acceptors (Lipinski definition) is 1. The first kappa shape index (κ1) is 9.90. The molecule has 5 heteroatoms. The van der Waals surface area contributed by atoms with Crippen molar-refractivity contribution < 1.29 is 18.1 Å². The summed E-state index contributed by atoms with van der Waals surface area (Å²) >= 11 is 0. The highest BCUT2D eigenvalue weighted by molar-refractivity contribution is 6.60. The van der Waals surface area contributed by atoms with Gasteiger partial charge in [0, 0.05) is 0 Å². The van der Waals surface area contributed by atoms with Crippen molar-refractivity contribution >= 4 is 6.98 Å². The van der Waals surface area contributed by atoms with E-state index >= 15 is 0 Å². The Morgan fingerprint density at radius 3 is 2.25 bits per heavy atom. The van der Waals surface area contributed by atoms with Crippen LogP contribution in [0, 0.1) is 5.92 Å². The highest BCUT2D eigenvalue weighted by Gasteiger charge is 2.43. The Labute approximate surface area is 70.0 Å². The zero-order valence-electron chi connectivity index (χ0n) is 7.01. The van der Waals surface area contributed by atoms with Crippen molar-refractivity contribution in [1.29, 1.82) is 0 Å². The topological polar surface area (TPSA) is 20.2 Å². The molecule has 1 aliphatic rings. The highest BCUT2D eigenvalue weighted by Crippen LogP contribution is 2.48. The third-order valence-corrected chi connectivity index (χ3v) is 2.48. The third-order valence-electron chi connectivity index (χ3n) is 2.48. The standard InChI is InChI=1S/C7H13BF3O/c1-5(12)2-6-3-7(4-6)8(9,10)11/h5-7,12H,2-4H2,1H3/q-1. The maximum absolute atomic E-state index is 12.0. The predicted octanol–water partition coefficient (Wildman–Crippen LogP) is 2.38. The molecule has 0 aromatic rings. The molecule has 0 saturated heterocycles. The van der Waals surface area contributed by atoms with Crippen LogP contribution >= 0.6 is 0 Å². The Bertz CT molecular complexity index is 151. The lowest BCUT2D eigenvalue weighted by Gasteiger charge is -2.42. The molecular weight excluding hydrogens is 168 g/mol. The fourth-order valence-corrected chi connectivity index (χ4v) is 1.77. The molecule has 12 heavy (non-hydrogen) atoms. The van der Waals surface area contributed by atoms with Gasteiger partial charge in [-0.25, -0.2) is 0 Å². The van der Waals surface area contributed by atoms with Crippen molar-refractivity contribution in [3.8, 4) is 0 Å². The van der Waals surface area contributed by atoms with Gasteiger partial charge >= 0.3 is 6.98 Å². The lowest BCUT2D eigenvalue weighted by atomic mass is 9.55. The fraction of sp³-hybridized carbons (Fsp3) is 1.00. The SMILES string of the molecule is CC(O)CC1CC([B-](F)(F)F)C1. The lowest BCUT2D eigenvalue weighted by molar-refractivity contribution is 0.125. The third kappa shape index (κ3) is 2.40. The van der Waals surface area contributed by atoms with Crippen molar-refractivity contribution in [2.24, 2.45) is 5.92 Å². The van der Waals surface area contributed by atoms with Gasteiger partial charge in [0.1, 0.15) is 0 Å². The van der Waals surface area contributed by atoms with Crippen LogP contribution < -0.4 is 0 Å². The molecule has 1 unspecified atom stereocenters. The van der Waals surface area contributed by atoms with E-state index in [1.54, 1.807) is 6.92 Å². The summed E-state index contributed by atoms with van der Waals surface area (Å²) in [7, 11) is 0. The molecule has 1 nitrogen and oxygen atoms in total. The quantitative estimate of drug-likeness (QED) is 0.662. The average molecular weight is 181 g/mol. The molecule has 0 heterocycles. The van der Waals surface area contributed by atoms with Crippen molar-refractivity contribution in [1.82, 2.24) is 0 Å². The summed E-state index contributed by atoms with van der Waals surface area (Å²) in [5, 5.41) is 8.90. The van der Waals surface area contributed by atoms with E-state index in [0.29, 0.717) is 6.42 Å². The van der Waals surface area contributed by atoms with Gasteiger partial charge in [0.15, 0.2) is 0 Å². The molecule has 1 rings (SSSR count). The van der Waals surface area contributed by atoms with Crippen LogP contribution in [0.2, 0.25) is 5.82 Å². The van der Waals surface area contributed by atoms with E-state index in [-0.39, 0.29) is 18.8 Å². The van der Waals surface area contributed by atoms with Gasteiger partial charge in [-0.2, -0.15) is 0 Å². The van der Waals surface area contributed by atoms with Crippen LogP contribution in [0.3, 0.4) is 0 Å². The molecule has 1 aliphatic carbocycles. The number of halogens is 3. The van der Waals surface area contributed by atoms with E-state index < -0.39 is 18.9 Å². The Morgan fingerprint density at radius 2 is 1.92 bits per heavy atom. The van der Waals surface area contributed by atoms with Crippen LogP contribution in [0.4, 0.5) is 12.9 Å². The Kier molecular flexibility index (Phi) is 2.71. The molecular formula is C7H13BF3O-. The van der Waals surface area contributed by atoms with Crippen molar-refractivity contribution in [2.75, 3.05) is 0 Å². The molecule has 0 amide bonds. The molecule has 1 fully saturated rings. The Morgan fingerprint density at radius 1 is 1.42 bits per heavy atom.